The van der Waals surface area contributed by atoms with E-state index in [1.807, 2.05) is 25.7 Å². The van der Waals surface area contributed by atoms with Crippen molar-refractivity contribution < 1.29 is 9.53 Å². The molecule has 144 valence electrons. The number of benzene rings is 1. The van der Waals surface area contributed by atoms with Crippen molar-refractivity contribution in [1.29, 1.82) is 0 Å². The molecule has 1 spiro atoms. The first-order valence-corrected chi connectivity index (χ1v) is 10.5. The van der Waals surface area contributed by atoms with Crippen LogP contribution < -0.4 is 0 Å². The molecular weight excluding hydrogens is 392 g/mol. The van der Waals surface area contributed by atoms with Crippen molar-refractivity contribution in [2.75, 3.05) is 19.6 Å². The van der Waals surface area contributed by atoms with Crippen LogP contribution in [0.2, 0.25) is 0 Å². The molecule has 2 saturated heterocycles. The first kappa shape index (κ1) is 19.7. The highest BCUT2D eigenvalue weighted by molar-refractivity contribution is 9.10. The molecule has 3 rings (SSSR count). The Labute approximate surface area is 166 Å². The molecular formula is C21H31BrN2O2. The quantitative estimate of drug-likeness (QED) is 0.662. The predicted molar refractivity (Wildman–Crippen MR) is 108 cm³/mol. The van der Waals surface area contributed by atoms with Crippen LogP contribution in [-0.2, 0) is 11.3 Å². The van der Waals surface area contributed by atoms with E-state index in [-0.39, 0.29) is 11.6 Å². The number of amides is 1. The Balaban J connectivity index is 1.64. The largest absolute Gasteiger partial charge is 0.444 e. The summed E-state index contributed by atoms with van der Waals surface area (Å²) < 4.78 is 6.74. The van der Waals surface area contributed by atoms with Gasteiger partial charge in [-0.05, 0) is 77.1 Å². The number of hydrogen-bond acceptors (Lipinski definition) is 3. The van der Waals surface area contributed by atoms with E-state index in [2.05, 4.69) is 46.0 Å². The maximum Gasteiger partial charge on any atom is 0.410 e. The minimum Gasteiger partial charge on any atom is -0.444 e. The molecule has 0 aliphatic carbocycles. The summed E-state index contributed by atoms with van der Waals surface area (Å²) in [5.41, 5.74) is 2.44. The van der Waals surface area contributed by atoms with Crippen molar-refractivity contribution in [3.05, 3.63) is 33.8 Å². The van der Waals surface area contributed by atoms with Gasteiger partial charge in [-0.3, -0.25) is 4.90 Å². The van der Waals surface area contributed by atoms with Crippen molar-refractivity contribution in [3.63, 3.8) is 0 Å². The van der Waals surface area contributed by atoms with Gasteiger partial charge < -0.3 is 9.64 Å². The molecule has 2 aliphatic rings. The van der Waals surface area contributed by atoms with Gasteiger partial charge >= 0.3 is 6.09 Å². The second kappa shape index (κ2) is 7.51. The summed E-state index contributed by atoms with van der Waals surface area (Å²) in [5, 5.41) is 0. The third-order valence-corrected chi connectivity index (χ3v) is 6.39. The molecule has 1 aromatic rings. The first-order chi connectivity index (χ1) is 12.2. The van der Waals surface area contributed by atoms with E-state index in [1.54, 1.807) is 0 Å². The van der Waals surface area contributed by atoms with Crippen LogP contribution in [0.25, 0.3) is 0 Å². The molecule has 26 heavy (non-hydrogen) atoms. The molecule has 0 aromatic heterocycles. The van der Waals surface area contributed by atoms with E-state index in [0.29, 0.717) is 0 Å². The lowest BCUT2D eigenvalue weighted by molar-refractivity contribution is 0.00162. The fourth-order valence-electron chi connectivity index (χ4n) is 4.23. The third-order valence-electron chi connectivity index (χ3n) is 5.66. The van der Waals surface area contributed by atoms with Crippen LogP contribution in [-0.4, -0.2) is 46.7 Å². The Hall–Kier alpha value is -1.07. The average molecular weight is 423 g/mol. The van der Waals surface area contributed by atoms with Crippen molar-refractivity contribution in [2.24, 2.45) is 0 Å². The van der Waals surface area contributed by atoms with Gasteiger partial charge in [0.15, 0.2) is 0 Å². The van der Waals surface area contributed by atoms with E-state index in [0.717, 1.165) is 39.0 Å². The van der Waals surface area contributed by atoms with Crippen LogP contribution in [0.4, 0.5) is 4.79 Å². The van der Waals surface area contributed by atoms with Crippen LogP contribution in [0.1, 0.15) is 57.6 Å². The van der Waals surface area contributed by atoms with Gasteiger partial charge in [0, 0.05) is 29.6 Å². The summed E-state index contributed by atoms with van der Waals surface area (Å²) >= 11 is 3.73. The fourth-order valence-corrected chi connectivity index (χ4v) is 4.84. The number of piperidine rings is 1. The number of rotatable bonds is 2. The highest BCUT2D eigenvalue weighted by Gasteiger charge is 2.44. The number of aryl methyl sites for hydroxylation is 1. The van der Waals surface area contributed by atoms with Crippen molar-refractivity contribution in [2.45, 2.75) is 71.1 Å². The molecule has 1 amide bonds. The molecule has 2 aliphatic heterocycles. The van der Waals surface area contributed by atoms with E-state index >= 15 is 0 Å². The summed E-state index contributed by atoms with van der Waals surface area (Å²) in [6, 6.07) is 6.62. The Bertz CT molecular complexity index is 660. The summed E-state index contributed by atoms with van der Waals surface area (Å²) in [4.78, 5) is 16.9. The number of carbonyl (C=O) groups excluding carboxylic acids is 1. The first-order valence-electron chi connectivity index (χ1n) is 9.67. The van der Waals surface area contributed by atoms with Crippen LogP contribution in [0, 0.1) is 6.92 Å². The van der Waals surface area contributed by atoms with Gasteiger partial charge in [0.25, 0.3) is 0 Å². The maximum absolute atomic E-state index is 12.4. The normalized spacial score (nSPS) is 20.6. The molecule has 2 heterocycles. The highest BCUT2D eigenvalue weighted by Crippen LogP contribution is 2.40. The topological polar surface area (TPSA) is 32.8 Å². The van der Waals surface area contributed by atoms with E-state index in [1.165, 1.54) is 28.4 Å². The van der Waals surface area contributed by atoms with Crippen molar-refractivity contribution >= 4 is 22.0 Å². The average Bonchev–Trinajstić information content (AvgIpc) is 2.91. The Morgan fingerprint density at radius 1 is 1.19 bits per heavy atom. The number of likely N-dealkylation sites (tertiary alicyclic amines) is 2. The molecule has 0 radical (unpaired) electrons. The summed E-state index contributed by atoms with van der Waals surface area (Å²) in [6.07, 6.45) is 4.39. The van der Waals surface area contributed by atoms with Crippen LogP contribution in [0.3, 0.4) is 0 Å². The maximum atomic E-state index is 12.4. The highest BCUT2D eigenvalue weighted by atomic mass is 79.9. The SMILES string of the molecule is Cc1ccc(CN2CCCC23CCN(C(=O)OC(C)(C)C)CC3)c(Br)c1. The van der Waals surface area contributed by atoms with Crippen LogP contribution in [0.5, 0.6) is 0 Å². The van der Waals surface area contributed by atoms with E-state index in [4.69, 9.17) is 4.74 Å². The summed E-state index contributed by atoms with van der Waals surface area (Å²) in [7, 11) is 0. The van der Waals surface area contributed by atoms with Crippen LogP contribution >= 0.6 is 15.9 Å². The van der Waals surface area contributed by atoms with Crippen molar-refractivity contribution in [1.82, 2.24) is 9.80 Å². The lowest BCUT2D eigenvalue weighted by Gasteiger charge is -2.45. The fraction of sp³-hybridized carbons (Fsp3) is 0.667. The van der Waals surface area contributed by atoms with Gasteiger partial charge in [0.1, 0.15) is 5.60 Å². The third kappa shape index (κ3) is 4.42. The minimum absolute atomic E-state index is 0.168. The van der Waals surface area contributed by atoms with Gasteiger partial charge in [0.05, 0.1) is 0 Å². The Morgan fingerprint density at radius 3 is 2.50 bits per heavy atom. The zero-order chi connectivity index (χ0) is 18.9. The van der Waals surface area contributed by atoms with Gasteiger partial charge in [-0.15, -0.1) is 0 Å². The smallest absolute Gasteiger partial charge is 0.410 e. The lowest BCUT2D eigenvalue weighted by Crippen LogP contribution is -2.53. The molecule has 0 saturated carbocycles. The Kier molecular flexibility index (Phi) is 5.69. The minimum atomic E-state index is -0.427. The zero-order valence-corrected chi connectivity index (χ0v) is 18.1. The standard InChI is InChI=1S/C21H31BrN2O2/c1-16-6-7-17(18(22)14-16)15-24-11-5-8-21(24)9-12-23(13-10-21)19(25)26-20(2,3)4/h6-7,14H,5,8-13,15H2,1-4H3. The Morgan fingerprint density at radius 2 is 1.88 bits per heavy atom. The van der Waals surface area contributed by atoms with Crippen LogP contribution in [0.15, 0.2) is 22.7 Å². The number of carbonyl (C=O) groups is 1. The van der Waals surface area contributed by atoms with E-state index < -0.39 is 5.60 Å². The number of ether oxygens (including phenoxy) is 1. The van der Waals surface area contributed by atoms with Gasteiger partial charge in [-0.25, -0.2) is 4.79 Å². The second-order valence-electron chi connectivity index (χ2n) is 8.81. The molecule has 0 atom stereocenters. The molecule has 5 heteroatoms. The van der Waals surface area contributed by atoms with Crippen molar-refractivity contribution in [3.8, 4) is 0 Å². The molecule has 0 bridgehead atoms. The zero-order valence-electron chi connectivity index (χ0n) is 16.5. The summed E-state index contributed by atoms with van der Waals surface area (Å²) in [5.74, 6) is 0. The van der Waals surface area contributed by atoms with Gasteiger partial charge in [-0.2, -0.15) is 0 Å². The lowest BCUT2D eigenvalue weighted by atomic mass is 9.85. The van der Waals surface area contributed by atoms with Gasteiger partial charge in [-0.1, -0.05) is 28.1 Å². The monoisotopic (exact) mass is 422 g/mol. The second-order valence-corrected chi connectivity index (χ2v) is 9.67. The number of halogens is 1. The molecule has 0 unspecified atom stereocenters. The van der Waals surface area contributed by atoms with E-state index in [9.17, 15) is 4.79 Å². The predicted octanol–water partition coefficient (Wildman–Crippen LogP) is 5.12. The number of hydrogen-bond donors (Lipinski definition) is 0. The molecule has 2 fully saturated rings. The molecule has 1 aromatic carbocycles. The molecule has 4 nitrogen and oxygen atoms in total. The number of nitrogens with zero attached hydrogens (tertiary/aromatic N) is 2. The van der Waals surface area contributed by atoms with Gasteiger partial charge in [0.2, 0.25) is 0 Å². The summed E-state index contributed by atoms with van der Waals surface area (Å²) in [6.45, 7) is 11.6. The molecule has 0 N–H and O–H groups in total.